The van der Waals surface area contributed by atoms with Crippen molar-refractivity contribution in [2.24, 2.45) is 0 Å². The van der Waals surface area contributed by atoms with Crippen LogP contribution in [0.5, 0.6) is 0 Å². The number of ether oxygens (including phenoxy) is 1. The van der Waals surface area contributed by atoms with Gasteiger partial charge >= 0.3 is 18.2 Å². The smallest absolute Gasteiger partial charge is 0.417 e. The Kier molecular flexibility index (Phi) is 4.26. The van der Waals surface area contributed by atoms with Crippen molar-refractivity contribution in [3.8, 4) is 0 Å². The van der Waals surface area contributed by atoms with Gasteiger partial charge < -0.3 is 15.4 Å². The fourth-order valence-corrected chi connectivity index (χ4v) is 2.00. The molecule has 1 unspecified atom stereocenters. The summed E-state index contributed by atoms with van der Waals surface area (Å²) < 4.78 is 42.7. The normalized spacial score (nSPS) is 18.3. The van der Waals surface area contributed by atoms with Crippen LogP contribution in [0.3, 0.4) is 0 Å². The predicted octanol–water partition coefficient (Wildman–Crippen LogP) is 2.80. The predicted molar refractivity (Wildman–Crippen MR) is 68.0 cm³/mol. The molecule has 1 saturated heterocycles. The van der Waals surface area contributed by atoms with E-state index >= 15 is 0 Å². The van der Waals surface area contributed by atoms with Crippen LogP contribution in [0, 0.1) is 0 Å². The van der Waals surface area contributed by atoms with Crippen LogP contribution >= 0.6 is 11.6 Å². The fraction of sp³-hybridized carbons (Fsp3) is 0.333. The number of carbonyl (C=O) groups is 2. The van der Waals surface area contributed by atoms with Crippen LogP contribution in [0.4, 0.5) is 23.7 Å². The second-order valence-electron chi connectivity index (χ2n) is 4.30. The number of halogens is 4. The number of hydrogen-bond acceptors (Lipinski definition) is 3. The molecule has 5 nitrogen and oxygen atoms in total. The lowest BCUT2D eigenvalue weighted by Gasteiger charge is -2.13. The molecule has 0 aromatic heterocycles. The number of cyclic esters (lactones) is 1. The monoisotopic (exact) mass is 322 g/mol. The first kappa shape index (κ1) is 15.4. The summed E-state index contributed by atoms with van der Waals surface area (Å²) in [5.41, 5.74) is -1.14. The summed E-state index contributed by atoms with van der Waals surface area (Å²) in [4.78, 5) is 22.8. The SMILES string of the molecule is O=C(Nc1ccc(Cl)c(C(F)(F)F)c1)NC1CCOC1=O. The highest BCUT2D eigenvalue weighted by molar-refractivity contribution is 6.31. The minimum absolute atomic E-state index is 0.0874. The lowest BCUT2D eigenvalue weighted by Crippen LogP contribution is -2.40. The zero-order valence-electron chi connectivity index (χ0n) is 10.5. The number of alkyl halides is 3. The Labute approximate surface area is 122 Å². The highest BCUT2D eigenvalue weighted by atomic mass is 35.5. The fourth-order valence-electron chi connectivity index (χ4n) is 1.77. The lowest BCUT2D eigenvalue weighted by atomic mass is 10.2. The van der Waals surface area contributed by atoms with Crippen molar-refractivity contribution in [2.45, 2.75) is 18.6 Å². The summed E-state index contributed by atoms with van der Waals surface area (Å²) in [6, 6.07) is 1.39. The van der Waals surface area contributed by atoms with E-state index in [0.29, 0.717) is 6.42 Å². The van der Waals surface area contributed by atoms with E-state index in [1.54, 1.807) is 0 Å². The van der Waals surface area contributed by atoms with E-state index in [1.165, 1.54) is 6.07 Å². The molecule has 1 aliphatic heterocycles. The molecule has 114 valence electrons. The maximum absolute atomic E-state index is 12.7. The molecular formula is C12H10ClF3N2O3. The molecule has 9 heteroatoms. The minimum atomic E-state index is -4.62. The molecule has 0 radical (unpaired) electrons. The first-order valence-corrected chi connectivity index (χ1v) is 6.26. The summed E-state index contributed by atoms with van der Waals surface area (Å²) in [6.07, 6.45) is -4.30. The number of esters is 1. The van der Waals surface area contributed by atoms with E-state index in [9.17, 15) is 22.8 Å². The third-order valence-electron chi connectivity index (χ3n) is 2.77. The highest BCUT2D eigenvalue weighted by Gasteiger charge is 2.33. The average molecular weight is 323 g/mol. The Balaban J connectivity index is 2.06. The van der Waals surface area contributed by atoms with Gasteiger partial charge in [-0.25, -0.2) is 9.59 Å². The largest absolute Gasteiger partial charge is 0.464 e. The van der Waals surface area contributed by atoms with Crippen LogP contribution in [-0.4, -0.2) is 24.6 Å². The molecule has 1 aliphatic rings. The second kappa shape index (κ2) is 5.80. The van der Waals surface area contributed by atoms with E-state index in [0.717, 1.165) is 12.1 Å². The molecule has 1 aromatic rings. The number of rotatable bonds is 2. The van der Waals surface area contributed by atoms with Crippen molar-refractivity contribution in [1.82, 2.24) is 5.32 Å². The zero-order valence-corrected chi connectivity index (χ0v) is 11.2. The molecule has 0 saturated carbocycles. The third-order valence-corrected chi connectivity index (χ3v) is 3.10. The van der Waals surface area contributed by atoms with Crippen LogP contribution in [0.25, 0.3) is 0 Å². The quantitative estimate of drug-likeness (QED) is 0.823. The van der Waals surface area contributed by atoms with Gasteiger partial charge in [-0.05, 0) is 18.2 Å². The number of nitrogens with one attached hydrogen (secondary N) is 2. The standard InChI is InChI=1S/C12H10ClF3N2O3/c13-8-2-1-6(5-7(8)12(14,15)16)17-11(20)18-9-3-4-21-10(9)19/h1-2,5,9H,3-4H2,(H2,17,18,20). The molecule has 21 heavy (non-hydrogen) atoms. The Hall–Kier alpha value is -1.96. The van der Waals surface area contributed by atoms with Crippen LogP contribution in [-0.2, 0) is 15.7 Å². The van der Waals surface area contributed by atoms with Crippen LogP contribution in [0.2, 0.25) is 5.02 Å². The Morgan fingerprint density at radius 1 is 1.38 bits per heavy atom. The summed E-state index contributed by atoms with van der Waals surface area (Å²) in [5.74, 6) is -0.572. The van der Waals surface area contributed by atoms with Crippen molar-refractivity contribution in [1.29, 1.82) is 0 Å². The van der Waals surface area contributed by atoms with Gasteiger partial charge in [-0.2, -0.15) is 13.2 Å². The molecule has 1 aromatic carbocycles. The number of benzene rings is 1. The van der Waals surface area contributed by atoms with Gasteiger partial charge in [0.1, 0.15) is 6.04 Å². The maximum Gasteiger partial charge on any atom is 0.417 e. The molecule has 0 bridgehead atoms. The second-order valence-corrected chi connectivity index (χ2v) is 4.71. The number of amides is 2. The van der Waals surface area contributed by atoms with E-state index in [1.807, 2.05) is 0 Å². The Morgan fingerprint density at radius 2 is 2.10 bits per heavy atom. The first-order chi connectivity index (χ1) is 9.77. The summed E-state index contributed by atoms with van der Waals surface area (Å²) in [5, 5.41) is 4.06. The number of hydrogen-bond donors (Lipinski definition) is 2. The van der Waals surface area contributed by atoms with Crippen molar-refractivity contribution in [3.05, 3.63) is 28.8 Å². The third kappa shape index (κ3) is 3.78. The molecule has 0 spiro atoms. The van der Waals surface area contributed by atoms with Crippen molar-refractivity contribution >= 4 is 29.3 Å². The number of carbonyl (C=O) groups excluding carboxylic acids is 2. The average Bonchev–Trinajstić information content (AvgIpc) is 2.76. The van der Waals surface area contributed by atoms with E-state index in [4.69, 9.17) is 11.6 Å². The molecule has 2 amide bonds. The van der Waals surface area contributed by atoms with E-state index in [-0.39, 0.29) is 12.3 Å². The van der Waals surface area contributed by atoms with Crippen LogP contribution < -0.4 is 10.6 Å². The van der Waals surface area contributed by atoms with E-state index in [2.05, 4.69) is 15.4 Å². The van der Waals surface area contributed by atoms with Crippen LogP contribution in [0.1, 0.15) is 12.0 Å². The number of anilines is 1. The van der Waals surface area contributed by atoms with Gasteiger partial charge in [0.15, 0.2) is 0 Å². The lowest BCUT2D eigenvalue weighted by molar-refractivity contribution is -0.139. The highest BCUT2D eigenvalue weighted by Crippen LogP contribution is 2.36. The van der Waals surface area contributed by atoms with Crippen molar-refractivity contribution in [3.63, 3.8) is 0 Å². The Bertz CT molecular complexity index is 577. The summed E-state index contributed by atoms with van der Waals surface area (Å²) in [7, 11) is 0. The summed E-state index contributed by atoms with van der Waals surface area (Å²) >= 11 is 5.46. The summed E-state index contributed by atoms with van der Waals surface area (Å²) in [6.45, 7) is 0.197. The molecule has 2 rings (SSSR count). The first-order valence-electron chi connectivity index (χ1n) is 5.88. The van der Waals surface area contributed by atoms with Crippen LogP contribution in [0.15, 0.2) is 18.2 Å². The van der Waals surface area contributed by atoms with Crippen molar-refractivity contribution < 1.29 is 27.5 Å². The van der Waals surface area contributed by atoms with Gasteiger partial charge in [0, 0.05) is 12.1 Å². The molecular weight excluding hydrogens is 313 g/mol. The Morgan fingerprint density at radius 3 is 2.67 bits per heavy atom. The van der Waals surface area contributed by atoms with Crippen molar-refractivity contribution in [2.75, 3.05) is 11.9 Å². The molecule has 1 heterocycles. The molecule has 1 atom stereocenters. The van der Waals surface area contributed by atoms with Gasteiger partial charge in [0.05, 0.1) is 17.2 Å². The number of urea groups is 1. The topological polar surface area (TPSA) is 67.4 Å². The van der Waals surface area contributed by atoms with Gasteiger partial charge in [-0.15, -0.1) is 0 Å². The van der Waals surface area contributed by atoms with Gasteiger partial charge in [-0.1, -0.05) is 11.6 Å². The minimum Gasteiger partial charge on any atom is -0.464 e. The zero-order chi connectivity index (χ0) is 15.6. The molecule has 1 fully saturated rings. The van der Waals surface area contributed by atoms with Gasteiger partial charge in [0.2, 0.25) is 0 Å². The molecule has 0 aliphatic carbocycles. The molecule has 2 N–H and O–H groups in total. The maximum atomic E-state index is 12.7. The van der Waals surface area contributed by atoms with E-state index < -0.39 is 34.8 Å². The van der Waals surface area contributed by atoms with Gasteiger partial charge in [-0.3, -0.25) is 0 Å². The van der Waals surface area contributed by atoms with Gasteiger partial charge in [0.25, 0.3) is 0 Å².